The van der Waals surface area contributed by atoms with Gasteiger partial charge in [0.25, 0.3) is 23.6 Å². The SMILES string of the molecule is CC1CC(=O)N(OC(=O)CC(=O)ON2C(=O)CCC2=O)C1=O.O=S(=O)=O. The molecule has 2 aliphatic rings. The van der Waals surface area contributed by atoms with Gasteiger partial charge >= 0.3 is 22.5 Å². The van der Waals surface area contributed by atoms with Crippen molar-refractivity contribution in [1.82, 2.24) is 10.1 Å². The summed E-state index contributed by atoms with van der Waals surface area (Å²) in [5, 5.41) is 0.580. The Morgan fingerprint density at radius 2 is 1.35 bits per heavy atom. The molecule has 0 aliphatic carbocycles. The molecule has 0 saturated carbocycles. The molecule has 4 amide bonds. The van der Waals surface area contributed by atoms with E-state index in [0.717, 1.165) is 0 Å². The van der Waals surface area contributed by atoms with Gasteiger partial charge in [0.1, 0.15) is 6.42 Å². The number of amides is 4. The van der Waals surface area contributed by atoms with Gasteiger partial charge in [-0.25, -0.2) is 9.59 Å². The molecule has 0 bridgehead atoms. The fraction of sp³-hybridized carbons (Fsp3) is 0.500. The summed E-state index contributed by atoms with van der Waals surface area (Å²) in [6, 6.07) is 0. The predicted molar refractivity (Wildman–Crippen MR) is 73.2 cm³/mol. The van der Waals surface area contributed by atoms with Crippen LogP contribution in [0.3, 0.4) is 0 Å². The van der Waals surface area contributed by atoms with Crippen LogP contribution < -0.4 is 0 Å². The molecular weight excluding hydrogens is 380 g/mol. The average Bonchev–Trinajstić information content (AvgIpc) is 2.94. The van der Waals surface area contributed by atoms with Crippen LogP contribution in [-0.2, 0) is 49.1 Å². The third-order valence-corrected chi connectivity index (χ3v) is 3.01. The Morgan fingerprint density at radius 3 is 1.73 bits per heavy atom. The molecule has 0 aromatic heterocycles. The van der Waals surface area contributed by atoms with E-state index in [-0.39, 0.29) is 24.3 Å². The van der Waals surface area contributed by atoms with Crippen molar-refractivity contribution in [2.45, 2.75) is 32.6 Å². The van der Waals surface area contributed by atoms with Gasteiger partial charge in [-0.15, -0.1) is 22.8 Å². The van der Waals surface area contributed by atoms with E-state index < -0.39 is 58.5 Å². The van der Waals surface area contributed by atoms with Crippen molar-refractivity contribution in [3.05, 3.63) is 0 Å². The first kappa shape index (κ1) is 20.9. The maximum atomic E-state index is 11.5. The molecule has 2 saturated heterocycles. The van der Waals surface area contributed by atoms with Gasteiger partial charge < -0.3 is 9.68 Å². The highest BCUT2D eigenvalue weighted by Crippen LogP contribution is 2.19. The van der Waals surface area contributed by atoms with E-state index in [1.807, 2.05) is 0 Å². The van der Waals surface area contributed by atoms with E-state index >= 15 is 0 Å². The summed E-state index contributed by atoms with van der Waals surface area (Å²) in [6.45, 7) is 1.49. The Labute approximate surface area is 146 Å². The van der Waals surface area contributed by atoms with Gasteiger partial charge in [0.2, 0.25) is 0 Å². The molecule has 2 heterocycles. The second-order valence-electron chi connectivity index (χ2n) is 5.02. The van der Waals surface area contributed by atoms with Crippen LogP contribution in [0, 0.1) is 5.92 Å². The maximum absolute atomic E-state index is 11.5. The number of nitrogens with zero attached hydrogens (tertiary/aromatic N) is 2. The minimum atomic E-state index is -3.11. The quantitative estimate of drug-likeness (QED) is 0.375. The molecule has 26 heavy (non-hydrogen) atoms. The van der Waals surface area contributed by atoms with Crippen molar-refractivity contribution in [3.8, 4) is 0 Å². The van der Waals surface area contributed by atoms with Crippen LogP contribution in [0.1, 0.15) is 32.6 Å². The van der Waals surface area contributed by atoms with Crippen LogP contribution in [0.2, 0.25) is 0 Å². The smallest absolute Gasteiger partial charge is 0.330 e. The monoisotopic (exact) mass is 392 g/mol. The summed E-state index contributed by atoms with van der Waals surface area (Å²) in [5.41, 5.74) is 0. The van der Waals surface area contributed by atoms with Crippen molar-refractivity contribution in [3.63, 3.8) is 0 Å². The Balaban J connectivity index is 0.000000765. The normalized spacial score (nSPS) is 19.2. The highest BCUT2D eigenvalue weighted by Gasteiger charge is 2.39. The summed E-state index contributed by atoms with van der Waals surface area (Å²) < 4.78 is 25.3. The van der Waals surface area contributed by atoms with Gasteiger partial charge in [0, 0.05) is 25.2 Å². The molecule has 1 atom stereocenters. The van der Waals surface area contributed by atoms with Crippen LogP contribution in [0.4, 0.5) is 0 Å². The van der Waals surface area contributed by atoms with Crippen molar-refractivity contribution in [2.75, 3.05) is 0 Å². The van der Waals surface area contributed by atoms with Gasteiger partial charge in [0.15, 0.2) is 0 Å². The highest BCUT2D eigenvalue weighted by molar-refractivity contribution is 7.59. The molecule has 0 N–H and O–H groups in total. The topological polar surface area (TPSA) is 179 Å². The van der Waals surface area contributed by atoms with Gasteiger partial charge in [0.05, 0.1) is 0 Å². The molecule has 2 rings (SSSR count). The Morgan fingerprint density at radius 1 is 0.923 bits per heavy atom. The van der Waals surface area contributed by atoms with Crippen LogP contribution in [0.5, 0.6) is 0 Å². The van der Waals surface area contributed by atoms with Crippen LogP contribution in [0.25, 0.3) is 0 Å². The average molecular weight is 392 g/mol. The maximum Gasteiger partial charge on any atom is 0.425 e. The molecule has 0 aromatic carbocycles. The number of hydrogen-bond donors (Lipinski definition) is 0. The lowest BCUT2D eigenvalue weighted by Gasteiger charge is -2.14. The van der Waals surface area contributed by atoms with E-state index in [2.05, 4.69) is 9.68 Å². The van der Waals surface area contributed by atoms with Crippen molar-refractivity contribution >= 4 is 46.2 Å². The second kappa shape index (κ2) is 8.80. The largest absolute Gasteiger partial charge is 0.425 e. The van der Waals surface area contributed by atoms with Crippen molar-refractivity contribution in [1.29, 1.82) is 0 Å². The van der Waals surface area contributed by atoms with Crippen LogP contribution in [-0.4, -0.2) is 58.3 Å². The first-order chi connectivity index (χ1) is 12.0. The fourth-order valence-electron chi connectivity index (χ4n) is 1.90. The summed E-state index contributed by atoms with van der Waals surface area (Å²) >= 11 is 0. The molecule has 1 unspecified atom stereocenters. The minimum absolute atomic E-state index is 0.0781. The van der Waals surface area contributed by atoms with E-state index in [4.69, 9.17) is 12.6 Å². The number of hydrogen-bond acceptors (Lipinski definition) is 11. The summed E-state index contributed by atoms with van der Waals surface area (Å²) in [4.78, 5) is 77.2. The van der Waals surface area contributed by atoms with Gasteiger partial charge in [-0.1, -0.05) is 6.92 Å². The second-order valence-corrected chi connectivity index (χ2v) is 5.43. The first-order valence-electron chi connectivity index (χ1n) is 6.93. The number of carbonyl (C=O) groups is 6. The van der Waals surface area contributed by atoms with Gasteiger partial charge in [-0.3, -0.25) is 19.2 Å². The van der Waals surface area contributed by atoms with Crippen LogP contribution >= 0.6 is 0 Å². The first-order valence-corrected chi connectivity index (χ1v) is 7.93. The minimum Gasteiger partial charge on any atom is -0.330 e. The summed E-state index contributed by atoms with van der Waals surface area (Å²) in [5.74, 6) is -5.77. The molecule has 142 valence electrons. The van der Waals surface area contributed by atoms with Crippen molar-refractivity contribution < 1.29 is 51.1 Å². The van der Waals surface area contributed by atoms with E-state index in [0.29, 0.717) is 5.06 Å². The van der Waals surface area contributed by atoms with Gasteiger partial charge in [-0.05, 0) is 0 Å². The Kier molecular flexibility index (Phi) is 7.06. The molecule has 2 fully saturated rings. The molecule has 0 spiro atoms. The number of carbonyl (C=O) groups excluding carboxylic acids is 6. The zero-order valence-corrected chi connectivity index (χ0v) is 14.0. The number of rotatable bonds is 4. The predicted octanol–water partition coefficient (Wildman–Crippen LogP) is -2.17. The van der Waals surface area contributed by atoms with Crippen molar-refractivity contribution in [2.24, 2.45) is 5.92 Å². The molecular formula is C12H12N2O11S. The van der Waals surface area contributed by atoms with E-state index in [1.165, 1.54) is 6.92 Å². The lowest BCUT2D eigenvalue weighted by atomic mass is 10.1. The standard InChI is InChI=1S/C12H12N2O8.O3S/c1-6-4-9(17)14(12(6)20)22-11(19)5-10(18)21-13-7(15)2-3-8(13)16;1-4(2)3/h6H,2-5H2,1H3;. The Bertz CT molecular complexity index is 749. The summed E-state index contributed by atoms with van der Waals surface area (Å²) in [7, 11) is -3.11. The fourth-order valence-corrected chi connectivity index (χ4v) is 1.90. The van der Waals surface area contributed by atoms with Crippen LogP contribution in [0.15, 0.2) is 0 Å². The van der Waals surface area contributed by atoms with E-state index in [1.54, 1.807) is 0 Å². The Hall–Kier alpha value is -3.16. The highest BCUT2D eigenvalue weighted by atomic mass is 32.2. The zero-order chi connectivity index (χ0) is 20.0. The molecule has 13 nitrogen and oxygen atoms in total. The molecule has 0 aromatic rings. The third-order valence-electron chi connectivity index (χ3n) is 3.01. The number of hydroxylamine groups is 4. The molecule has 14 heteroatoms. The lowest BCUT2D eigenvalue weighted by Crippen LogP contribution is -2.36. The molecule has 0 radical (unpaired) electrons. The number of imide groups is 2. The lowest BCUT2D eigenvalue weighted by molar-refractivity contribution is -0.206. The van der Waals surface area contributed by atoms with E-state index in [9.17, 15) is 28.8 Å². The zero-order valence-electron chi connectivity index (χ0n) is 13.2. The molecule has 2 aliphatic heterocycles. The third kappa shape index (κ3) is 5.73. The summed E-state index contributed by atoms with van der Waals surface area (Å²) in [6.07, 6.45) is -1.20. The van der Waals surface area contributed by atoms with Gasteiger partial charge in [-0.2, -0.15) is 0 Å².